The second-order valence-corrected chi connectivity index (χ2v) is 10.6. The lowest BCUT2D eigenvalue weighted by Crippen LogP contribution is -2.39. The Morgan fingerprint density at radius 1 is 1.19 bits per heavy atom. The minimum Gasteiger partial charge on any atom is -0.493 e. The zero-order valence-corrected chi connectivity index (χ0v) is 22.4. The molecule has 0 spiro atoms. The second kappa shape index (κ2) is 12.2. The number of hydrogen-bond acceptors (Lipinski definition) is 6. The molecule has 0 aliphatic rings. The van der Waals surface area contributed by atoms with Crippen LogP contribution in [0.5, 0.6) is 11.5 Å². The highest BCUT2D eigenvalue weighted by Crippen LogP contribution is 2.37. The molecule has 190 valence electrons. The average Bonchev–Trinajstić information content (AvgIpc) is 2.82. The van der Waals surface area contributed by atoms with Gasteiger partial charge in [0.15, 0.2) is 11.5 Å². The first kappa shape index (κ1) is 27.4. The fourth-order valence-electron chi connectivity index (χ4n) is 3.07. The largest absolute Gasteiger partial charge is 0.493 e. The summed E-state index contributed by atoms with van der Waals surface area (Å²) in [4.78, 5) is 12.4. The van der Waals surface area contributed by atoms with Gasteiger partial charge >= 0.3 is 0 Å². The van der Waals surface area contributed by atoms with E-state index in [0.717, 1.165) is 28.3 Å². The number of carbonyl (C=O) groups is 1. The number of anilines is 1. The molecule has 0 aliphatic heterocycles. The molecule has 0 bridgehead atoms. The smallest absolute Gasteiger partial charge is 0.260 e. The van der Waals surface area contributed by atoms with E-state index in [9.17, 15) is 17.6 Å². The normalized spacial score (nSPS) is 11.4. The van der Waals surface area contributed by atoms with Crippen molar-refractivity contribution in [3.63, 3.8) is 0 Å². The van der Waals surface area contributed by atoms with Crippen molar-refractivity contribution in [2.24, 2.45) is 5.10 Å². The number of benzene rings is 3. The van der Waals surface area contributed by atoms with Crippen molar-refractivity contribution in [3.05, 3.63) is 87.1 Å². The van der Waals surface area contributed by atoms with Gasteiger partial charge in [-0.2, -0.15) is 5.10 Å². The van der Waals surface area contributed by atoms with Crippen molar-refractivity contribution >= 4 is 55.4 Å². The number of hydrazone groups is 1. The van der Waals surface area contributed by atoms with E-state index in [1.165, 1.54) is 25.5 Å². The lowest BCUT2D eigenvalue weighted by Gasteiger charge is -2.21. The molecule has 3 aromatic carbocycles. The summed E-state index contributed by atoms with van der Waals surface area (Å²) in [5.41, 5.74) is 3.82. The van der Waals surface area contributed by atoms with Gasteiger partial charge in [0.1, 0.15) is 19.0 Å². The molecule has 1 N–H and O–H groups in total. The molecule has 36 heavy (non-hydrogen) atoms. The van der Waals surface area contributed by atoms with Gasteiger partial charge in [-0.05, 0) is 64.0 Å². The number of sulfonamides is 1. The molecule has 0 aromatic heterocycles. The molecule has 0 unspecified atom stereocenters. The highest BCUT2D eigenvalue weighted by molar-refractivity contribution is 9.10. The Balaban J connectivity index is 1.68. The van der Waals surface area contributed by atoms with Gasteiger partial charge < -0.3 is 9.47 Å². The predicted octanol–water partition coefficient (Wildman–Crippen LogP) is 4.75. The van der Waals surface area contributed by atoms with Crippen LogP contribution in [0.1, 0.15) is 11.1 Å². The van der Waals surface area contributed by atoms with Crippen LogP contribution in [0.15, 0.2) is 70.2 Å². The van der Waals surface area contributed by atoms with Crippen LogP contribution in [0.2, 0.25) is 5.02 Å². The highest BCUT2D eigenvalue weighted by Gasteiger charge is 2.21. The zero-order chi connectivity index (χ0) is 26.3. The molecule has 0 heterocycles. The van der Waals surface area contributed by atoms with Crippen molar-refractivity contribution in [1.82, 2.24) is 5.43 Å². The SMILES string of the molecule is COc1cc(/C=N\NC(=O)CN(c2ccc(F)cc2)S(C)(=O)=O)cc(Br)c1OCc1ccccc1Cl. The van der Waals surface area contributed by atoms with E-state index in [2.05, 4.69) is 26.5 Å². The molecule has 3 rings (SSSR count). The maximum atomic E-state index is 13.2. The molecule has 0 saturated carbocycles. The third-order valence-electron chi connectivity index (χ3n) is 4.79. The summed E-state index contributed by atoms with van der Waals surface area (Å²) >= 11 is 9.63. The van der Waals surface area contributed by atoms with Crippen LogP contribution >= 0.6 is 27.5 Å². The van der Waals surface area contributed by atoms with Crippen molar-refractivity contribution in [3.8, 4) is 11.5 Å². The van der Waals surface area contributed by atoms with Gasteiger partial charge in [0.05, 0.1) is 29.7 Å². The van der Waals surface area contributed by atoms with E-state index in [-0.39, 0.29) is 12.3 Å². The maximum Gasteiger partial charge on any atom is 0.260 e. The number of hydrogen-bond donors (Lipinski definition) is 1. The third-order valence-corrected chi connectivity index (χ3v) is 6.88. The van der Waals surface area contributed by atoms with Crippen LogP contribution in [-0.2, 0) is 21.4 Å². The third kappa shape index (κ3) is 7.42. The van der Waals surface area contributed by atoms with E-state index >= 15 is 0 Å². The summed E-state index contributed by atoms with van der Waals surface area (Å²) in [6.07, 6.45) is 2.32. The zero-order valence-electron chi connectivity index (χ0n) is 19.2. The molecular formula is C24H22BrClFN3O5S. The van der Waals surface area contributed by atoms with Crippen LogP contribution in [0.3, 0.4) is 0 Å². The van der Waals surface area contributed by atoms with Gasteiger partial charge in [-0.1, -0.05) is 29.8 Å². The number of nitrogens with one attached hydrogen (secondary N) is 1. The van der Waals surface area contributed by atoms with E-state index in [1.54, 1.807) is 18.2 Å². The molecule has 12 heteroatoms. The van der Waals surface area contributed by atoms with Gasteiger partial charge in [0.25, 0.3) is 5.91 Å². The molecule has 1 amide bonds. The molecule has 0 atom stereocenters. The van der Waals surface area contributed by atoms with Crippen molar-refractivity contribution in [2.45, 2.75) is 6.61 Å². The summed E-state index contributed by atoms with van der Waals surface area (Å²) in [7, 11) is -2.31. The van der Waals surface area contributed by atoms with Gasteiger partial charge in [0, 0.05) is 10.6 Å². The molecule has 0 radical (unpaired) electrons. The Morgan fingerprint density at radius 3 is 2.53 bits per heavy atom. The van der Waals surface area contributed by atoms with Crippen LogP contribution in [0.25, 0.3) is 0 Å². The quantitative estimate of drug-likeness (QED) is 0.269. The first-order valence-electron chi connectivity index (χ1n) is 10.4. The summed E-state index contributed by atoms with van der Waals surface area (Å²) in [6, 6.07) is 15.4. The standard InChI is InChI=1S/C24H22BrClFN3O5S/c1-34-22-12-16(11-20(25)24(22)35-15-17-5-3-4-6-21(17)26)13-28-29-23(31)14-30(36(2,32)33)19-9-7-18(27)8-10-19/h3-13H,14-15H2,1-2H3,(H,29,31)/b28-13-. The van der Waals surface area contributed by atoms with Crippen molar-refractivity contribution in [1.29, 1.82) is 0 Å². The Hall–Kier alpha value is -3.15. The van der Waals surface area contributed by atoms with Crippen LogP contribution in [-0.4, -0.2) is 40.4 Å². The molecule has 8 nitrogen and oxygen atoms in total. The monoisotopic (exact) mass is 597 g/mol. The first-order valence-corrected chi connectivity index (χ1v) is 13.4. The van der Waals surface area contributed by atoms with Gasteiger partial charge in [-0.15, -0.1) is 0 Å². The summed E-state index contributed by atoms with van der Waals surface area (Å²) in [5.74, 6) is -0.333. The summed E-state index contributed by atoms with van der Waals surface area (Å²) < 4.78 is 50.2. The lowest BCUT2D eigenvalue weighted by atomic mass is 10.2. The first-order chi connectivity index (χ1) is 17.1. The minimum absolute atomic E-state index is 0.152. The van der Waals surface area contributed by atoms with Gasteiger partial charge in [0.2, 0.25) is 10.0 Å². The highest BCUT2D eigenvalue weighted by atomic mass is 79.9. The number of ether oxygens (including phenoxy) is 2. The van der Waals surface area contributed by atoms with Gasteiger partial charge in [-0.3, -0.25) is 9.10 Å². The summed E-state index contributed by atoms with van der Waals surface area (Å²) in [5, 5.41) is 4.48. The predicted molar refractivity (Wildman–Crippen MR) is 141 cm³/mol. The molecule has 0 aliphatic carbocycles. The molecular weight excluding hydrogens is 577 g/mol. The van der Waals surface area contributed by atoms with E-state index in [4.69, 9.17) is 21.1 Å². The minimum atomic E-state index is -3.80. The van der Waals surface area contributed by atoms with E-state index < -0.39 is 28.3 Å². The Kier molecular flexibility index (Phi) is 9.30. The number of methoxy groups -OCH3 is 1. The number of amides is 1. The van der Waals surface area contributed by atoms with Gasteiger partial charge in [-0.25, -0.2) is 18.2 Å². The molecule has 0 fully saturated rings. The molecule has 0 saturated heterocycles. The second-order valence-electron chi connectivity index (χ2n) is 7.45. The molecule has 3 aromatic rings. The van der Waals surface area contributed by atoms with Crippen LogP contribution in [0, 0.1) is 5.82 Å². The number of rotatable bonds is 10. The Bertz CT molecular complexity index is 1370. The Morgan fingerprint density at radius 2 is 1.89 bits per heavy atom. The van der Waals surface area contributed by atoms with E-state index in [0.29, 0.717) is 26.6 Å². The van der Waals surface area contributed by atoms with Crippen molar-refractivity contribution < 1.29 is 27.1 Å². The number of nitrogens with zero attached hydrogens (tertiary/aromatic N) is 2. The number of halogens is 3. The topological polar surface area (TPSA) is 97.3 Å². The van der Waals surface area contributed by atoms with Crippen molar-refractivity contribution in [2.75, 3.05) is 24.2 Å². The number of carbonyl (C=O) groups excluding carboxylic acids is 1. The fourth-order valence-corrected chi connectivity index (χ4v) is 4.69. The Labute approximate surface area is 221 Å². The average molecular weight is 599 g/mol. The van der Waals surface area contributed by atoms with E-state index in [1.807, 2.05) is 18.2 Å². The van der Waals surface area contributed by atoms with Crippen LogP contribution in [0.4, 0.5) is 10.1 Å². The maximum absolute atomic E-state index is 13.2. The summed E-state index contributed by atoms with van der Waals surface area (Å²) in [6.45, 7) is -0.313. The van der Waals surface area contributed by atoms with Crippen LogP contribution < -0.4 is 19.2 Å². The lowest BCUT2D eigenvalue weighted by molar-refractivity contribution is -0.119. The fraction of sp³-hybridized carbons (Fsp3) is 0.167.